The van der Waals surface area contributed by atoms with Crippen LogP contribution in [0.2, 0.25) is 0 Å². The average Bonchev–Trinajstić information content (AvgIpc) is 2.14. The van der Waals surface area contributed by atoms with Crippen molar-refractivity contribution in [2.75, 3.05) is 5.88 Å². The number of carbonyl (C=O) groups excluding carboxylic acids is 1. The van der Waals surface area contributed by atoms with E-state index in [1.54, 1.807) is 0 Å². The van der Waals surface area contributed by atoms with Crippen LogP contribution in [0.3, 0.4) is 0 Å². The highest BCUT2D eigenvalue weighted by Gasteiger charge is 2.31. The molecule has 0 bridgehead atoms. The Morgan fingerprint density at radius 2 is 2.00 bits per heavy atom. The molecule has 0 spiro atoms. The Morgan fingerprint density at radius 1 is 1.38 bits per heavy atom. The lowest BCUT2D eigenvalue weighted by atomic mass is 10.1. The van der Waals surface area contributed by atoms with Crippen molar-refractivity contribution in [2.24, 2.45) is 0 Å². The molecule has 2 nitrogen and oxygen atoms in total. The number of Topliss-reactive ketones (excluding diaryl/α,β-unsaturated/α-hetero) is 1. The molecule has 0 atom stereocenters. The summed E-state index contributed by atoms with van der Waals surface area (Å²) in [4.78, 5) is 11.0. The fraction of sp³-hybridized carbons (Fsp3) is 0.222. The number of halogens is 5. The van der Waals surface area contributed by atoms with E-state index in [4.69, 9.17) is 11.6 Å². The maximum Gasteiger partial charge on any atom is 0.573 e. The van der Waals surface area contributed by atoms with E-state index in [2.05, 4.69) is 4.74 Å². The molecule has 0 fully saturated rings. The summed E-state index contributed by atoms with van der Waals surface area (Å²) in [6.07, 6.45) is -4.90. The van der Waals surface area contributed by atoms with Gasteiger partial charge in [0.1, 0.15) is 11.6 Å². The largest absolute Gasteiger partial charge is 0.573 e. The maximum absolute atomic E-state index is 13.1. The van der Waals surface area contributed by atoms with Gasteiger partial charge in [0, 0.05) is 6.07 Å². The number of rotatable bonds is 3. The SMILES string of the molecule is O=C(CCl)c1ccc(OC(F)(F)F)cc1F. The summed E-state index contributed by atoms with van der Waals surface area (Å²) in [6, 6.07) is 2.21. The van der Waals surface area contributed by atoms with Crippen LogP contribution in [0.1, 0.15) is 10.4 Å². The van der Waals surface area contributed by atoms with Gasteiger partial charge in [0.15, 0.2) is 5.78 Å². The molecule has 0 aliphatic heterocycles. The highest BCUT2D eigenvalue weighted by atomic mass is 35.5. The lowest BCUT2D eigenvalue weighted by Gasteiger charge is -2.09. The Kier molecular flexibility index (Phi) is 3.74. The van der Waals surface area contributed by atoms with E-state index in [1.165, 1.54) is 0 Å². The summed E-state index contributed by atoms with van der Waals surface area (Å²) in [5, 5.41) is 0. The van der Waals surface area contributed by atoms with Crippen LogP contribution in [-0.2, 0) is 0 Å². The van der Waals surface area contributed by atoms with Gasteiger partial charge in [-0.25, -0.2) is 4.39 Å². The first-order chi connectivity index (χ1) is 7.33. The zero-order valence-electron chi connectivity index (χ0n) is 7.65. The Hall–Kier alpha value is -1.30. The van der Waals surface area contributed by atoms with E-state index in [-0.39, 0.29) is 5.56 Å². The molecule has 0 aliphatic carbocycles. The Balaban J connectivity index is 2.96. The molecule has 0 aliphatic rings. The predicted octanol–water partition coefficient (Wildman–Crippen LogP) is 3.15. The topological polar surface area (TPSA) is 26.3 Å². The summed E-state index contributed by atoms with van der Waals surface area (Å²) in [6.45, 7) is 0. The highest BCUT2D eigenvalue weighted by Crippen LogP contribution is 2.24. The Labute approximate surface area is 92.8 Å². The molecular weight excluding hydrogens is 252 g/mol. The molecule has 0 unspecified atom stereocenters. The van der Waals surface area contributed by atoms with Crippen LogP contribution in [0.4, 0.5) is 17.6 Å². The molecule has 0 saturated carbocycles. The minimum absolute atomic E-state index is 0.371. The van der Waals surface area contributed by atoms with E-state index in [1.807, 2.05) is 0 Å². The number of hydrogen-bond acceptors (Lipinski definition) is 2. The number of ether oxygens (including phenoxy) is 1. The molecule has 0 aromatic heterocycles. The van der Waals surface area contributed by atoms with E-state index < -0.39 is 29.6 Å². The molecule has 0 amide bonds. The zero-order chi connectivity index (χ0) is 12.3. The van der Waals surface area contributed by atoms with Crippen LogP contribution in [0.25, 0.3) is 0 Å². The minimum Gasteiger partial charge on any atom is -0.406 e. The standard InChI is InChI=1S/C9H5ClF4O2/c10-4-8(15)6-2-1-5(3-7(6)11)16-9(12,13)14/h1-3H,4H2. The van der Waals surface area contributed by atoms with Crippen LogP contribution in [0, 0.1) is 5.82 Å². The molecule has 0 saturated heterocycles. The van der Waals surface area contributed by atoms with Gasteiger partial charge in [0.25, 0.3) is 0 Å². The van der Waals surface area contributed by atoms with Gasteiger partial charge in [-0.3, -0.25) is 4.79 Å². The van der Waals surface area contributed by atoms with Crippen molar-refractivity contribution in [1.82, 2.24) is 0 Å². The van der Waals surface area contributed by atoms with Gasteiger partial charge in [-0.05, 0) is 12.1 Å². The summed E-state index contributed by atoms with van der Waals surface area (Å²) in [7, 11) is 0. The molecule has 0 heterocycles. The Morgan fingerprint density at radius 3 is 2.44 bits per heavy atom. The lowest BCUT2D eigenvalue weighted by Crippen LogP contribution is -2.17. The van der Waals surface area contributed by atoms with Gasteiger partial charge in [0.2, 0.25) is 0 Å². The second kappa shape index (κ2) is 4.69. The van der Waals surface area contributed by atoms with Crippen LogP contribution in [-0.4, -0.2) is 18.0 Å². The third-order valence-electron chi connectivity index (χ3n) is 1.60. The van der Waals surface area contributed by atoms with Gasteiger partial charge >= 0.3 is 6.36 Å². The van der Waals surface area contributed by atoms with Crippen molar-refractivity contribution in [3.05, 3.63) is 29.6 Å². The molecular formula is C9H5ClF4O2. The van der Waals surface area contributed by atoms with Crippen LogP contribution in [0.5, 0.6) is 5.75 Å². The van der Waals surface area contributed by atoms with Crippen molar-refractivity contribution in [2.45, 2.75) is 6.36 Å². The highest BCUT2D eigenvalue weighted by molar-refractivity contribution is 6.30. The normalized spacial score (nSPS) is 11.3. The molecule has 7 heteroatoms. The van der Waals surface area contributed by atoms with Crippen molar-refractivity contribution >= 4 is 17.4 Å². The van der Waals surface area contributed by atoms with E-state index in [0.29, 0.717) is 6.07 Å². The second-order valence-electron chi connectivity index (χ2n) is 2.75. The second-order valence-corrected chi connectivity index (χ2v) is 3.01. The zero-order valence-corrected chi connectivity index (χ0v) is 8.40. The molecule has 0 N–H and O–H groups in total. The van der Waals surface area contributed by atoms with Crippen LogP contribution in [0.15, 0.2) is 18.2 Å². The summed E-state index contributed by atoms with van der Waals surface area (Å²) in [5.41, 5.74) is -0.371. The van der Waals surface area contributed by atoms with E-state index in [0.717, 1.165) is 12.1 Å². The fourth-order valence-electron chi connectivity index (χ4n) is 0.991. The van der Waals surface area contributed by atoms with Gasteiger partial charge in [0.05, 0.1) is 11.4 Å². The lowest BCUT2D eigenvalue weighted by molar-refractivity contribution is -0.274. The monoisotopic (exact) mass is 256 g/mol. The maximum atomic E-state index is 13.1. The first kappa shape index (κ1) is 12.8. The van der Waals surface area contributed by atoms with E-state index >= 15 is 0 Å². The molecule has 0 radical (unpaired) electrons. The number of alkyl halides is 4. The van der Waals surface area contributed by atoms with Crippen molar-refractivity contribution in [3.63, 3.8) is 0 Å². The van der Waals surface area contributed by atoms with Crippen molar-refractivity contribution in [1.29, 1.82) is 0 Å². The van der Waals surface area contributed by atoms with Crippen molar-refractivity contribution < 1.29 is 27.1 Å². The first-order valence-electron chi connectivity index (χ1n) is 3.98. The fourth-order valence-corrected chi connectivity index (χ4v) is 1.14. The smallest absolute Gasteiger partial charge is 0.406 e. The summed E-state index contributed by atoms with van der Waals surface area (Å²) >= 11 is 5.18. The molecule has 16 heavy (non-hydrogen) atoms. The van der Waals surface area contributed by atoms with Gasteiger partial charge in [-0.1, -0.05) is 0 Å². The quantitative estimate of drug-likeness (QED) is 0.472. The van der Waals surface area contributed by atoms with Crippen molar-refractivity contribution in [3.8, 4) is 5.75 Å². The number of benzene rings is 1. The third kappa shape index (κ3) is 3.37. The van der Waals surface area contributed by atoms with Crippen LogP contribution >= 0.6 is 11.6 Å². The minimum atomic E-state index is -4.90. The Bertz CT molecular complexity index is 403. The average molecular weight is 257 g/mol. The predicted molar refractivity (Wildman–Crippen MR) is 48.1 cm³/mol. The molecule has 1 aromatic carbocycles. The van der Waals surface area contributed by atoms with E-state index in [9.17, 15) is 22.4 Å². The molecule has 1 aromatic rings. The van der Waals surface area contributed by atoms with Gasteiger partial charge in [-0.2, -0.15) is 0 Å². The summed E-state index contributed by atoms with van der Waals surface area (Å²) in [5.74, 6) is -2.99. The van der Waals surface area contributed by atoms with Gasteiger partial charge in [-0.15, -0.1) is 24.8 Å². The third-order valence-corrected chi connectivity index (χ3v) is 1.84. The molecule has 1 rings (SSSR count). The first-order valence-corrected chi connectivity index (χ1v) is 4.51. The number of carbonyl (C=O) groups is 1. The van der Waals surface area contributed by atoms with Crippen LogP contribution < -0.4 is 4.74 Å². The summed E-state index contributed by atoms with van der Waals surface area (Å²) < 4.78 is 51.9. The number of ketones is 1. The van der Waals surface area contributed by atoms with Gasteiger partial charge < -0.3 is 4.74 Å². The molecule has 88 valence electrons. The number of hydrogen-bond donors (Lipinski definition) is 0.